The number of rotatable bonds is 2. The van der Waals surface area contributed by atoms with Crippen LogP contribution in [-0.4, -0.2) is 16.4 Å². The van der Waals surface area contributed by atoms with Crippen LogP contribution >= 0.6 is 0 Å². The SMILES string of the molecule is O=C(c1ccccc1)c1ccc(=O)n2c1N[C@@H]1CCCC[C@H]12. The second-order valence-electron chi connectivity index (χ2n) is 6.10. The summed E-state index contributed by atoms with van der Waals surface area (Å²) in [5.74, 6) is 0.675. The van der Waals surface area contributed by atoms with Gasteiger partial charge < -0.3 is 5.32 Å². The van der Waals surface area contributed by atoms with E-state index in [1.807, 2.05) is 30.3 Å². The molecular formula is C18H18N2O2. The molecule has 4 heteroatoms. The number of ketones is 1. The summed E-state index contributed by atoms with van der Waals surface area (Å²) >= 11 is 0. The van der Waals surface area contributed by atoms with Crippen LogP contribution in [0.25, 0.3) is 0 Å². The Kier molecular flexibility index (Phi) is 3.10. The third kappa shape index (κ3) is 1.98. The van der Waals surface area contributed by atoms with Crippen molar-refractivity contribution in [1.82, 2.24) is 4.57 Å². The van der Waals surface area contributed by atoms with Crippen molar-refractivity contribution in [3.63, 3.8) is 0 Å². The molecule has 1 saturated carbocycles. The number of carbonyl (C=O) groups excluding carboxylic acids is 1. The molecule has 22 heavy (non-hydrogen) atoms. The second kappa shape index (κ2) is 5.13. The quantitative estimate of drug-likeness (QED) is 0.866. The molecule has 1 aromatic heterocycles. The van der Waals surface area contributed by atoms with Crippen LogP contribution in [0.15, 0.2) is 47.3 Å². The first-order chi connectivity index (χ1) is 10.8. The molecule has 1 aliphatic heterocycles. The number of nitrogens with zero attached hydrogens (tertiary/aromatic N) is 1. The van der Waals surface area contributed by atoms with Crippen molar-refractivity contribution in [3.8, 4) is 0 Å². The predicted molar refractivity (Wildman–Crippen MR) is 85.5 cm³/mol. The molecule has 1 fully saturated rings. The molecule has 4 nitrogen and oxygen atoms in total. The molecule has 1 aliphatic carbocycles. The van der Waals surface area contributed by atoms with Crippen molar-refractivity contribution in [2.45, 2.75) is 37.8 Å². The highest BCUT2D eigenvalue weighted by Crippen LogP contribution is 2.38. The van der Waals surface area contributed by atoms with E-state index in [-0.39, 0.29) is 23.4 Å². The molecule has 0 unspecified atom stereocenters. The van der Waals surface area contributed by atoms with Crippen molar-refractivity contribution in [3.05, 3.63) is 63.9 Å². The molecule has 4 rings (SSSR count). The maximum absolute atomic E-state index is 12.8. The first-order valence-corrected chi connectivity index (χ1v) is 7.87. The number of aromatic nitrogens is 1. The third-order valence-corrected chi connectivity index (χ3v) is 4.79. The lowest BCUT2D eigenvalue weighted by Crippen LogP contribution is -2.29. The van der Waals surface area contributed by atoms with Crippen LogP contribution in [0.2, 0.25) is 0 Å². The Hall–Kier alpha value is -2.36. The van der Waals surface area contributed by atoms with Crippen LogP contribution in [0.3, 0.4) is 0 Å². The minimum atomic E-state index is -0.0319. The van der Waals surface area contributed by atoms with E-state index in [1.165, 1.54) is 12.5 Å². The normalized spacial score (nSPS) is 22.5. The molecule has 2 atom stereocenters. The van der Waals surface area contributed by atoms with Gasteiger partial charge in [0.2, 0.25) is 0 Å². The van der Waals surface area contributed by atoms with Crippen LogP contribution in [0.4, 0.5) is 5.82 Å². The van der Waals surface area contributed by atoms with Crippen molar-refractivity contribution in [2.24, 2.45) is 0 Å². The summed E-state index contributed by atoms with van der Waals surface area (Å²) in [7, 11) is 0. The zero-order valence-electron chi connectivity index (χ0n) is 12.3. The number of benzene rings is 1. The van der Waals surface area contributed by atoms with Crippen LogP contribution < -0.4 is 10.9 Å². The Bertz CT molecular complexity index is 779. The summed E-state index contributed by atoms with van der Waals surface area (Å²) in [6.07, 6.45) is 4.39. The fourth-order valence-electron chi connectivity index (χ4n) is 3.72. The Morgan fingerprint density at radius 3 is 2.64 bits per heavy atom. The average molecular weight is 294 g/mol. The van der Waals surface area contributed by atoms with E-state index < -0.39 is 0 Å². The van der Waals surface area contributed by atoms with Crippen molar-refractivity contribution in [2.75, 3.05) is 5.32 Å². The van der Waals surface area contributed by atoms with Gasteiger partial charge in [-0.05, 0) is 18.9 Å². The number of anilines is 1. The second-order valence-corrected chi connectivity index (χ2v) is 6.10. The molecule has 0 radical (unpaired) electrons. The molecule has 0 bridgehead atoms. The van der Waals surface area contributed by atoms with Gasteiger partial charge in [0.05, 0.1) is 11.6 Å². The minimum absolute atomic E-state index is 0.0125. The first-order valence-electron chi connectivity index (χ1n) is 7.87. The Morgan fingerprint density at radius 2 is 1.82 bits per heavy atom. The van der Waals surface area contributed by atoms with Gasteiger partial charge in [0.1, 0.15) is 5.82 Å². The first kappa shape index (κ1) is 13.3. The van der Waals surface area contributed by atoms with E-state index in [9.17, 15) is 9.59 Å². The largest absolute Gasteiger partial charge is 0.366 e. The van der Waals surface area contributed by atoms with Crippen molar-refractivity contribution < 1.29 is 4.79 Å². The lowest BCUT2D eigenvalue weighted by atomic mass is 9.91. The minimum Gasteiger partial charge on any atom is -0.366 e. The molecule has 112 valence electrons. The summed E-state index contributed by atoms with van der Waals surface area (Å²) in [5.41, 5.74) is 1.24. The molecule has 2 heterocycles. The van der Waals surface area contributed by atoms with Crippen molar-refractivity contribution in [1.29, 1.82) is 0 Å². The van der Waals surface area contributed by atoms with Crippen LogP contribution in [-0.2, 0) is 0 Å². The predicted octanol–water partition coefficient (Wildman–Crippen LogP) is 2.99. The van der Waals surface area contributed by atoms with Gasteiger partial charge in [0.25, 0.3) is 5.56 Å². The summed E-state index contributed by atoms with van der Waals surface area (Å²) in [6.45, 7) is 0. The summed E-state index contributed by atoms with van der Waals surface area (Å²) in [4.78, 5) is 25.1. The molecule has 2 aromatic rings. The van der Waals surface area contributed by atoms with E-state index in [0.29, 0.717) is 16.9 Å². The maximum atomic E-state index is 12.8. The monoisotopic (exact) mass is 294 g/mol. The van der Waals surface area contributed by atoms with Gasteiger partial charge in [-0.2, -0.15) is 0 Å². The zero-order valence-corrected chi connectivity index (χ0v) is 12.3. The van der Waals surface area contributed by atoms with Gasteiger partial charge >= 0.3 is 0 Å². The highest BCUT2D eigenvalue weighted by Gasteiger charge is 2.36. The van der Waals surface area contributed by atoms with Gasteiger partial charge in [0.15, 0.2) is 5.78 Å². The van der Waals surface area contributed by atoms with Gasteiger partial charge in [-0.1, -0.05) is 43.2 Å². The van der Waals surface area contributed by atoms with Crippen molar-refractivity contribution >= 4 is 11.6 Å². The van der Waals surface area contributed by atoms with Gasteiger partial charge in [-0.15, -0.1) is 0 Å². The highest BCUT2D eigenvalue weighted by molar-refractivity contribution is 6.12. The lowest BCUT2D eigenvalue weighted by molar-refractivity contribution is 0.103. The fraction of sp³-hybridized carbons (Fsp3) is 0.333. The number of hydrogen-bond acceptors (Lipinski definition) is 3. The van der Waals surface area contributed by atoms with E-state index >= 15 is 0 Å². The molecule has 1 N–H and O–H groups in total. The Balaban J connectivity index is 1.82. The van der Waals surface area contributed by atoms with E-state index in [4.69, 9.17) is 0 Å². The van der Waals surface area contributed by atoms with Crippen LogP contribution in [0.1, 0.15) is 47.6 Å². The number of carbonyl (C=O) groups is 1. The zero-order chi connectivity index (χ0) is 15.1. The molecule has 2 aliphatic rings. The van der Waals surface area contributed by atoms with E-state index in [1.54, 1.807) is 10.6 Å². The van der Waals surface area contributed by atoms with Gasteiger partial charge in [0, 0.05) is 17.7 Å². The van der Waals surface area contributed by atoms with Gasteiger partial charge in [-0.3, -0.25) is 14.2 Å². The Morgan fingerprint density at radius 1 is 1.05 bits per heavy atom. The molecular weight excluding hydrogens is 276 g/mol. The molecule has 1 aromatic carbocycles. The number of fused-ring (bicyclic) bond motifs is 3. The standard InChI is InChI=1S/C18H18N2O2/c21-16-11-10-13(17(22)12-6-2-1-3-7-12)18-19-14-8-4-5-9-15(14)20(16)18/h1-3,6-7,10-11,14-15,19H,4-5,8-9H2/t14-,15-/m1/s1. The third-order valence-electron chi connectivity index (χ3n) is 4.79. The van der Waals surface area contributed by atoms with E-state index in [2.05, 4.69) is 5.32 Å². The Labute approximate surface area is 128 Å². The van der Waals surface area contributed by atoms with Crippen LogP contribution in [0.5, 0.6) is 0 Å². The molecule has 0 saturated heterocycles. The number of hydrogen-bond donors (Lipinski definition) is 1. The van der Waals surface area contributed by atoms with Crippen LogP contribution in [0, 0.1) is 0 Å². The topological polar surface area (TPSA) is 51.1 Å². The molecule has 0 amide bonds. The molecule has 0 spiro atoms. The summed E-state index contributed by atoms with van der Waals surface area (Å²) in [5, 5.41) is 3.44. The summed E-state index contributed by atoms with van der Waals surface area (Å²) in [6, 6.07) is 12.9. The lowest BCUT2D eigenvalue weighted by Gasteiger charge is -2.25. The number of nitrogens with one attached hydrogen (secondary N) is 1. The number of pyridine rings is 1. The average Bonchev–Trinajstić information content (AvgIpc) is 2.95. The fourth-order valence-corrected chi connectivity index (χ4v) is 3.72. The maximum Gasteiger partial charge on any atom is 0.252 e. The smallest absolute Gasteiger partial charge is 0.252 e. The van der Waals surface area contributed by atoms with E-state index in [0.717, 1.165) is 19.3 Å². The summed E-state index contributed by atoms with van der Waals surface area (Å²) < 4.78 is 1.81. The highest BCUT2D eigenvalue weighted by atomic mass is 16.1. The van der Waals surface area contributed by atoms with Gasteiger partial charge in [-0.25, -0.2) is 0 Å².